The summed E-state index contributed by atoms with van der Waals surface area (Å²) >= 11 is 0. The minimum absolute atomic E-state index is 0.109. The third-order valence-electron chi connectivity index (χ3n) is 7.73. The molecule has 0 aromatic heterocycles. The molecule has 0 amide bonds. The zero-order valence-corrected chi connectivity index (χ0v) is 21.6. The van der Waals surface area contributed by atoms with Gasteiger partial charge in [-0.05, 0) is 88.2 Å². The monoisotopic (exact) mass is 490 g/mol. The van der Waals surface area contributed by atoms with Crippen LogP contribution in [-0.2, 0) is 0 Å². The molecule has 0 saturated heterocycles. The average Bonchev–Trinajstić information content (AvgIpc) is 2.98. The van der Waals surface area contributed by atoms with Crippen LogP contribution in [0, 0.1) is 23.2 Å². The normalized spacial score (nSPS) is 17.0. The van der Waals surface area contributed by atoms with Crippen molar-refractivity contribution in [3.8, 4) is 17.2 Å². The third-order valence-corrected chi connectivity index (χ3v) is 7.73. The molecular weight excluding hydrogens is 460 g/mol. The summed E-state index contributed by atoms with van der Waals surface area (Å²) in [5.74, 6) is 0.474. The van der Waals surface area contributed by atoms with Gasteiger partial charge in [0, 0.05) is 17.1 Å². The summed E-state index contributed by atoms with van der Waals surface area (Å²) in [7, 11) is 0. The molecule has 2 nitrogen and oxygen atoms in total. The highest BCUT2D eigenvalue weighted by atomic mass is 15.1. The van der Waals surface area contributed by atoms with Crippen molar-refractivity contribution in [2.75, 3.05) is 4.90 Å². The number of hydrogen-bond acceptors (Lipinski definition) is 2. The molecule has 0 aliphatic heterocycles. The summed E-state index contributed by atoms with van der Waals surface area (Å²) < 4.78 is 0. The highest BCUT2D eigenvalue weighted by Gasteiger charge is 2.24. The SMILES string of the molecule is CC1CC(c2cccc3cccc(-c4ccc(N(c5ccccc5)c5ccccc5)cc4)c23)=CCC1C#N. The lowest BCUT2D eigenvalue weighted by molar-refractivity contribution is 0.437. The van der Waals surface area contributed by atoms with Crippen LogP contribution >= 0.6 is 0 Å². The van der Waals surface area contributed by atoms with Crippen molar-refractivity contribution in [1.29, 1.82) is 5.26 Å². The molecule has 5 aromatic carbocycles. The van der Waals surface area contributed by atoms with E-state index in [-0.39, 0.29) is 5.92 Å². The number of hydrogen-bond donors (Lipinski definition) is 0. The van der Waals surface area contributed by atoms with Crippen LogP contribution in [0.4, 0.5) is 17.1 Å². The first-order chi connectivity index (χ1) is 18.7. The van der Waals surface area contributed by atoms with Gasteiger partial charge in [0.2, 0.25) is 0 Å². The molecule has 2 unspecified atom stereocenters. The van der Waals surface area contributed by atoms with Gasteiger partial charge in [0.1, 0.15) is 0 Å². The number of rotatable bonds is 5. The molecular formula is C36H30N2. The molecule has 0 N–H and O–H groups in total. The first-order valence-electron chi connectivity index (χ1n) is 13.3. The van der Waals surface area contributed by atoms with Crippen LogP contribution in [0.5, 0.6) is 0 Å². The van der Waals surface area contributed by atoms with E-state index in [1.165, 1.54) is 33.0 Å². The van der Waals surface area contributed by atoms with Gasteiger partial charge in [0.15, 0.2) is 0 Å². The van der Waals surface area contributed by atoms with Crippen LogP contribution in [0.25, 0.3) is 27.5 Å². The summed E-state index contributed by atoms with van der Waals surface area (Å²) in [6, 6.07) is 45.6. The van der Waals surface area contributed by atoms with Gasteiger partial charge in [-0.3, -0.25) is 0 Å². The number of fused-ring (bicyclic) bond motifs is 1. The predicted octanol–water partition coefficient (Wildman–Crippen LogP) is 9.93. The average molecular weight is 491 g/mol. The first kappa shape index (κ1) is 23.8. The molecule has 2 heteroatoms. The second-order valence-electron chi connectivity index (χ2n) is 10.1. The first-order valence-corrected chi connectivity index (χ1v) is 13.3. The van der Waals surface area contributed by atoms with Gasteiger partial charge >= 0.3 is 0 Å². The van der Waals surface area contributed by atoms with Crippen molar-refractivity contribution >= 4 is 33.4 Å². The number of nitrogens with zero attached hydrogens (tertiary/aromatic N) is 2. The number of para-hydroxylation sites is 2. The summed E-state index contributed by atoms with van der Waals surface area (Å²) in [6.07, 6.45) is 4.06. The summed E-state index contributed by atoms with van der Waals surface area (Å²) in [4.78, 5) is 2.29. The van der Waals surface area contributed by atoms with Gasteiger partial charge in [-0.25, -0.2) is 0 Å². The second-order valence-corrected chi connectivity index (χ2v) is 10.1. The predicted molar refractivity (Wildman–Crippen MR) is 160 cm³/mol. The lowest BCUT2D eigenvalue weighted by atomic mass is 9.78. The largest absolute Gasteiger partial charge is 0.311 e. The number of allylic oxidation sites excluding steroid dienone is 2. The van der Waals surface area contributed by atoms with E-state index in [1.54, 1.807) is 0 Å². The van der Waals surface area contributed by atoms with E-state index in [0.29, 0.717) is 5.92 Å². The van der Waals surface area contributed by atoms with Crippen LogP contribution in [0.15, 0.2) is 127 Å². The van der Waals surface area contributed by atoms with E-state index in [9.17, 15) is 5.26 Å². The van der Waals surface area contributed by atoms with Crippen molar-refractivity contribution in [2.24, 2.45) is 11.8 Å². The second kappa shape index (κ2) is 10.4. The highest BCUT2D eigenvalue weighted by Crippen LogP contribution is 2.41. The molecule has 0 fully saturated rings. The maximum absolute atomic E-state index is 9.51. The van der Waals surface area contributed by atoms with Crippen LogP contribution in [0.1, 0.15) is 25.3 Å². The minimum atomic E-state index is 0.109. The van der Waals surface area contributed by atoms with Crippen LogP contribution in [-0.4, -0.2) is 0 Å². The Morgan fingerprint density at radius 3 is 1.82 bits per heavy atom. The van der Waals surface area contributed by atoms with Crippen molar-refractivity contribution in [1.82, 2.24) is 0 Å². The molecule has 0 saturated carbocycles. The molecule has 38 heavy (non-hydrogen) atoms. The van der Waals surface area contributed by atoms with Gasteiger partial charge < -0.3 is 4.90 Å². The lowest BCUT2D eigenvalue weighted by Gasteiger charge is -2.26. The fraction of sp³-hybridized carbons (Fsp3) is 0.139. The molecule has 0 spiro atoms. The Balaban J connectivity index is 1.43. The van der Waals surface area contributed by atoms with Gasteiger partial charge in [-0.15, -0.1) is 0 Å². The van der Waals surface area contributed by atoms with E-state index < -0.39 is 0 Å². The van der Waals surface area contributed by atoms with E-state index in [0.717, 1.165) is 29.9 Å². The fourth-order valence-corrected chi connectivity index (χ4v) is 5.71. The Morgan fingerprint density at radius 1 is 0.658 bits per heavy atom. The van der Waals surface area contributed by atoms with Crippen molar-refractivity contribution < 1.29 is 0 Å². The molecule has 0 radical (unpaired) electrons. The van der Waals surface area contributed by atoms with E-state index in [2.05, 4.69) is 145 Å². The molecule has 184 valence electrons. The summed E-state index contributed by atoms with van der Waals surface area (Å²) in [6.45, 7) is 2.21. The Morgan fingerprint density at radius 2 is 1.24 bits per heavy atom. The standard InChI is InChI=1S/C36H30N2/c1-26-24-29(18-19-30(26)25-37)35-17-9-11-28-10-8-16-34(36(28)35)27-20-22-33(23-21-27)38(31-12-4-2-5-13-31)32-14-6-3-7-15-32/h2-18,20-23,26,30H,19,24H2,1H3. The van der Waals surface area contributed by atoms with Crippen molar-refractivity contribution in [2.45, 2.75) is 19.8 Å². The fourth-order valence-electron chi connectivity index (χ4n) is 5.71. The van der Waals surface area contributed by atoms with Gasteiger partial charge in [0.25, 0.3) is 0 Å². The molecule has 1 aliphatic rings. The third kappa shape index (κ3) is 4.49. The zero-order chi connectivity index (χ0) is 25.9. The smallest absolute Gasteiger partial charge is 0.0661 e. The van der Waals surface area contributed by atoms with Crippen molar-refractivity contribution in [3.63, 3.8) is 0 Å². The van der Waals surface area contributed by atoms with Crippen molar-refractivity contribution in [3.05, 3.63) is 133 Å². The van der Waals surface area contributed by atoms with Crippen LogP contribution < -0.4 is 4.90 Å². The number of nitriles is 1. The minimum Gasteiger partial charge on any atom is -0.311 e. The maximum atomic E-state index is 9.51. The topological polar surface area (TPSA) is 27.0 Å². The Labute approximate surface area is 225 Å². The van der Waals surface area contributed by atoms with E-state index in [1.807, 2.05) is 0 Å². The van der Waals surface area contributed by atoms with Crippen LogP contribution in [0.2, 0.25) is 0 Å². The van der Waals surface area contributed by atoms with Gasteiger partial charge in [0.05, 0.1) is 12.0 Å². The molecule has 6 rings (SSSR count). The summed E-state index contributed by atoms with van der Waals surface area (Å²) in [5, 5.41) is 12.0. The Bertz CT molecular complexity index is 1580. The zero-order valence-electron chi connectivity index (χ0n) is 21.6. The highest BCUT2D eigenvalue weighted by molar-refractivity contribution is 6.04. The van der Waals surface area contributed by atoms with Crippen LogP contribution in [0.3, 0.4) is 0 Å². The number of anilines is 3. The van der Waals surface area contributed by atoms with E-state index >= 15 is 0 Å². The molecule has 5 aromatic rings. The van der Waals surface area contributed by atoms with Gasteiger partial charge in [-0.1, -0.05) is 97.9 Å². The Kier molecular flexibility index (Phi) is 6.51. The Hall–Kier alpha value is -4.61. The summed E-state index contributed by atoms with van der Waals surface area (Å²) in [5.41, 5.74) is 8.48. The lowest BCUT2D eigenvalue weighted by Crippen LogP contribution is -2.14. The van der Waals surface area contributed by atoms with E-state index in [4.69, 9.17) is 0 Å². The molecule has 1 aliphatic carbocycles. The van der Waals surface area contributed by atoms with Gasteiger partial charge in [-0.2, -0.15) is 5.26 Å². The molecule has 0 bridgehead atoms. The maximum Gasteiger partial charge on any atom is 0.0661 e. The molecule has 0 heterocycles. The molecule has 2 atom stereocenters. The quantitative estimate of drug-likeness (QED) is 0.245. The number of benzene rings is 5.